The molecular weight excluding hydrogens is 360 g/mol. The average molecular weight is 384 g/mol. The van der Waals surface area contributed by atoms with Crippen LogP contribution in [0.5, 0.6) is 0 Å². The van der Waals surface area contributed by atoms with E-state index in [0.717, 1.165) is 40.9 Å². The molecule has 0 bridgehead atoms. The maximum Gasteiger partial charge on any atom is 0.0992 e. The van der Waals surface area contributed by atoms with Crippen molar-refractivity contribution in [2.24, 2.45) is 0 Å². The second kappa shape index (κ2) is 8.09. The first kappa shape index (κ1) is 19.2. The van der Waals surface area contributed by atoms with Crippen LogP contribution in [-0.4, -0.2) is 34.2 Å². The number of likely N-dealkylation sites (tertiary alicyclic amines) is 1. The van der Waals surface area contributed by atoms with Gasteiger partial charge in [-0.2, -0.15) is 10.5 Å². The number of hydrogen-bond acceptors (Lipinski definition) is 4. The number of β-amino-alcohol motifs (C(OH)–C–C–N with tert-alkyl or cyclic N) is 1. The Morgan fingerprint density at radius 1 is 0.966 bits per heavy atom. The van der Waals surface area contributed by atoms with Crippen LogP contribution >= 0.6 is 0 Å². The van der Waals surface area contributed by atoms with Gasteiger partial charge < -0.3 is 14.6 Å². The van der Waals surface area contributed by atoms with Gasteiger partial charge in [0.25, 0.3) is 0 Å². The summed E-state index contributed by atoms with van der Waals surface area (Å²) in [5, 5.41) is 30.6. The molecule has 1 atom stereocenters. The second-order valence-corrected chi connectivity index (χ2v) is 7.71. The largest absolute Gasteiger partial charge is 0.387 e. The second-order valence-electron chi connectivity index (χ2n) is 7.71. The van der Waals surface area contributed by atoms with E-state index in [4.69, 9.17) is 5.26 Å². The van der Waals surface area contributed by atoms with Crippen molar-refractivity contribution in [3.05, 3.63) is 64.8 Å². The van der Waals surface area contributed by atoms with E-state index in [1.807, 2.05) is 37.3 Å². The van der Waals surface area contributed by atoms with E-state index < -0.39 is 6.10 Å². The molecule has 2 aromatic carbocycles. The molecule has 29 heavy (non-hydrogen) atoms. The zero-order valence-electron chi connectivity index (χ0n) is 16.6. The molecule has 0 amide bonds. The quantitative estimate of drug-likeness (QED) is 0.731. The van der Waals surface area contributed by atoms with Crippen LogP contribution in [0.25, 0.3) is 16.6 Å². The molecule has 146 valence electrons. The Bertz CT molecular complexity index is 1110. The average Bonchev–Trinajstić information content (AvgIpc) is 3.05. The number of rotatable bonds is 4. The third-order valence-corrected chi connectivity index (χ3v) is 5.85. The summed E-state index contributed by atoms with van der Waals surface area (Å²) in [6.07, 6.45) is 3.04. The minimum Gasteiger partial charge on any atom is -0.387 e. The van der Waals surface area contributed by atoms with Crippen LogP contribution < -0.4 is 0 Å². The molecule has 1 aliphatic heterocycles. The van der Waals surface area contributed by atoms with Crippen LogP contribution in [0.15, 0.2) is 42.5 Å². The van der Waals surface area contributed by atoms with Crippen LogP contribution in [-0.2, 0) is 0 Å². The normalized spacial score (nSPS) is 15.7. The number of nitriles is 2. The van der Waals surface area contributed by atoms with E-state index in [9.17, 15) is 10.4 Å². The number of benzene rings is 2. The summed E-state index contributed by atoms with van der Waals surface area (Å²) >= 11 is 0. The summed E-state index contributed by atoms with van der Waals surface area (Å²) in [5.41, 5.74) is 4.88. The van der Waals surface area contributed by atoms with Crippen molar-refractivity contribution in [2.75, 3.05) is 19.6 Å². The van der Waals surface area contributed by atoms with Crippen LogP contribution in [0, 0.1) is 29.6 Å². The molecule has 0 saturated carbocycles. The van der Waals surface area contributed by atoms with Crippen LogP contribution in [0.4, 0.5) is 0 Å². The van der Waals surface area contributed by atoms with Crippen LogP contribution in [0.2, 0.25) is 0 Å². The van der Waals surface area contributed by atoms with Crippen molar-refractivity contribution in [2.45, 2.75) is 32.3 Å². The molecule has 1 aliphatic rings. The Morgan fingerprint density at radius 2 is 1.62 bits per heavy atom. The maximum absolute atomic E-state index is 11.2. The van der Waals surface area contributed by atoms with Gasteiger partial charge >= 0.3 is 0 Å². The van der Waals surface area contributed by atoms with Crippen molar-refractivity contribution in [1.29, 1.82) is 10.5 Å². The van der Waals surface area contributed by atoms with E-state index in [1.54, 1.807) is 12.1 Å². The fraction of sp³-hybridized carbons (Fsp3) is 0.333. The first-order valence-corrected chi connectivity index (χ1v) is 10.1. The number of piperidine rings is 1. The summed E-state index contributed by atoms with van der Waals surface area (Å²) in [5.74, 6) is 0. The van der Waals surface area contributed by atoms with Crippen LogP contribution in [0.1, 0.15) is 47.8 Å². The minimum absolute atomic E-state index is 0.585. The molecule has 0 aliphatic carbocycles. The molecule has 1 saturated heterocycles. The van der Waals surface area contributed by atoms with Crippen molar-refractivity contribution >= 4 is 10.9 Å². The summed E-state index contributed by atoms with van der Waals surface area (Å²) in [7, 11) is 0. The summed E-state index contributed by atoms with van der Waals surface area (Å²) in [6, 6.07) is 17.4. The Hall–Kier alpha value is -3.12. The molecule has 4 rings (SSSR count). The fourth-order valence-corrected chi connectivity index (χ4v) is 4.43. The third-order valence-electron chi connectivity index (χ3n) is 5.85. The highest BCUT2D eigenvalue weighted by Crippen LogP contribution is 2.34. The molecular formula is C24H24N4O. The molecule has 3 aromatic rings. The minimum atomic E-state index is -0.594. The van der Waals surface area contributed by atoms with Gasteiger partial charge in [0, 0.05) is 28.9 Å². The lowest BCUT2D eigenvalue weighted by Crippen LogP contribution is -2.33. The van der Waals surface area contributed by atoms with Gasteiger partial charge in [-0.15, -0.1) is 0 Å². The maximum atomic E-state index is 11.2. The Morgan fingerprint density at radius 3 is 2.28 bits per heavy atom. The number of fused-ring (bicyclic) bond motifs is 1. The Kier molecular flexibility index (Phi) is 5.36. The number of hydrogen-bond donors (Lipinski definition) is 1. The zero-order chi connectivity index (χ0) is 20.4. The molecule has 1 aromatic heterocycles. The van der Waals surface area contributed by atoms with Crippen molar-refractivity contribution in [1.82, 2.24) is 9.47 Å². The first-order valence-electron chi connectivity index (χ1n) is 10.1. The predicted molar refractivity (Wildman–Crippen MR) is 113 cm³/mol. The van der Waals surface area contributed by atoms with Crippen LogP contribution in [0.3, 0.4) is 0 Å². The third kappa shape index (κ3) is 3.63. The van der Waals surface area contributed by atoms with E-state index >= 15 is 0 Å². The lowest BCUT2D eigenvalue weighted by atomic mass is 10.0. The topological polar surface area (TPSA) is 76.0 Å². The number of aromatic nitrogens is 1. The molecule has 0 radical (unpaired) electrons. The Balaban J connectivity index is 1.83. The molecule has 2 heterocycles. The van der Waals surface area contributed by atoms with Gasteiger partial charge in [-0.05, 0) is 69.3 Å². The van der Waals surface area contributed by atoms with E-state index in [0.29, 0.717) is 17.7 Å². The molecule has 0 spiro atoms. The SMILES string of the molecule is Cc1c(C(O)CN2CCCCC2)c2ccc(C#N)cc2n1-c1ccc(C#N)cc1. The summed E-state index contributed by atoms with van der Waals surface area (Å²) in [4.78, 5) is 2.34. The van der Waals surface area contributed by atoms with Gasteiger partial charge in [-0.25, -0.2) is 0 Å². The van der Waals surface area contributed by atoms with Crippen molar-refractivity contribution < 1.29 is 5.11 Å². The van der Waals surface area contributed by atoms with Crippen molar-refractivity contribution in [3.63, 3.8) is 0 Å². The first-order chi connectivity index (χ1) is 14.1. The highest BCUT2D eigenvalue weighted by Gasteiger charge is 2.24. The predicted octanol–water partition coefficient (Wildman–Crippen LogP) is 4.20. The fourth-order valence-electron chi connectivity index (χ4n) is 4.43. The monoisotopic (exact) mass is 384 g/mol. The van der Waals surface area contributed by atoms with E-state index in [-0.39, 0.29) is 0 Å². The van der Waals surface area contributed by atoms with Crippen molar-refractivity contribution in [3.8, 4) is 17.8 Å². The van der Waals surface area contributed by atoms with Gasteiger partial charge in [0.05, 0.1) is 34.9 Å². The van der Waals surface area contributed by atoms with Gasteiger partial charge in [0.1, 0.15) is 0 Å². The number of aliphatic hydroxyl groups excluding tert-OH is 1. The molecule has 5 nitrogen and oxygen atoms in total. The Labute approximate surface area is 171 Å². The molecule has 1 fully saturated rings. The lowest BCUT2D eigenvalue weighted by Gasteiger charge is -2.28. The highest BCUT2D eigenvalue weighted by atomic mass is 16.3. The molecule has 5 heteroatoms. The molecule has 1 N–H and O–H groups in total. The van der Waals surface area contributed by atoms with Gasteiger partial charge in [-0.1, -0.05) is 12.5 Å². The van der Waals surface area contributed by atoms with Gasteiger partial charge in [-0.3, -0.25) is 0 Å². The number of aliphatic hydroxyl groups is 1. The van der Waals surface area contributed by atoms with Gasteiger partial charge in [0.15, 0.2) is 0 Å². The number of nitrogens with zero attached hydrogens (tertiary/aromatic N) is 4. The standard InChI is InChI=1S/C24H24N4O/c1-17-24(23(29)16-27-11-3-2-4-12-27)21-10-7-19(15-26)13-22(21)28(17)20-8-5-18(14-25)6-9-20/h5-10,13,23,29H,2-4,11-12,16H2,1H3. The lowest BCUT2D eigenvalue weighted by molar-refractivity contribution is 0.102. The zero-order valence-corrected chi connectivity index (χ0v) is 16.6. The summed E-state index contributed by atoms with van der Waals surface area (Å²) in [6.45, 7) is 4.69. The summed E-state index contributed by atoms with van der Waals surface area (Å²) < 4.78 is 2.08. The molecule has 1 unspecified atom stereocenters. The smallest absolute Gasteiger partial charge is 0.0992 e. The van der Waals surface area contributed by atoms with Gasteiger partial charge in [0.2, 0.25) is 0 Å². The van der Waals surface area contributed by atoms with E-state index in [1.165, 1.54) is 19.3 Å². The van der Waals surface area contributed by atoms with E-state index in [2.05, 4.69) is 21.6 Å². The highest BCUT2D eigenvalue weighted by molar-refractivity contribution is 5.88.